The number of carbonyl (C=O) groups excluding carboxylic acids is 1. The maximum absolute atomic E-state index is 11.7. The minimum atomic E-state index is 0.00184. The highest BCUT2D eigenvalue weighted by Crippen LogP contribution is 2.19. The molecule has 108 valence electrons. The van der Waals surface area contributed by atoms with Gasteiger partial charge in [-0.1, -0.05) is 71.6 Å². The zero-order valence-electron chi connectivity index (χ0n) is 12.7. The molecule has 0 heterocycles. The maximum atomic E-state index is 11.7. The van der Waals surface area contributed by atoms with E-state index >= 15 is 0 Å². The van der Waals surface area contributed by atoms with Crippen molar-refractivity contribution in [1.29, 1.82) is 0 Å². The van der Waals surface area contributed by atoms with E-state index in [4.69, 9.17) is 4.74 Å². The van der Waals surface area contributed by atoms with Gasteiger partial charge in [-0.15, -0.1) is 0 Å². The van der Waals surface area contributed by atoms with Crippen LogP contribution in [0.2, 0.25) is 0 Å². The molecule has 0 rings (SSSR count). The Labute approximate surface area is 113 Å². The number of rotatable bonds is 12. The molecule has 0 saturated carbocycles. The Morgan fingerprint density at radius 2 is 1.28 bits per heavy atom. The summed E-state index contributed by atoms with van der Waals surface area (Å²) < 4.78 is 4.91. The third-order valence-corrected chi connectivity index (χ3v) is 3.60. The number of carbonyl (C=O) groups is 1. The second-order valence-electron chi connectivity index (χ2n) is 5.27. The number of hydrogen-bond acceptors (Lipinski definition) is 2. The highest BCUT2D eigenvalue weighted by Gasteiger charge is 2.17. The molecule has 0 spiro atoms. The molecule has 0 N–H and O–H groups in total. The van der Waals surface area contributed by atoms with Crippen molar-refractivity contribution in [3.05, 3.63) is 0 Å². The first-order valence-electron chi connectivity index (χ1n) is 7.84. The molecular formula is C16H32O2. The van der Waals surface area contributed by atoms with Gasteiger partial charge in [-0.25, -0.2) is 0 Å². The van der Waals surface area contributed by atoms with Crippen molar-refractivity contribution in [2.24, 2.45) is 5.92 Å². The Bertz CT molecular complexity index is 190. The van der Waals surface area contributed by atoms with Gasteiger partial charge in [0.2, 0.25) is 0 Å². The zero-order chi connectivity index (χ0) is 13.6. The monoisotopic (exact) mass is 256 g/mol. The van der Waals surface area contributed by atoms with Crippen molar-refractivity contribution >= 4 is 5.97 Å². The summed E-state index contributed by atoms with van der Waals surface area (Å²) in [5.41, 5.74) is 0. The molecule has 0 saturated heterocycles. The van der Waals surface area contributed by atoms with Gasteiger partial charge in [0.15, 0.2) is 0 Å². The average Bonchev–Trinajstić information content (AvgIpc) is 2.40. The lowest BCUT2D eigenvalue weighted by molar-refractivity contribution is -0.146. The number of ether oxygens (including phenoxy) is 1. The van der Waals surface area contributed by atoms with Crippen molar-refractivity contribution in [2.75, 3.05) is 7.11 Å². The van der Waals surface area contributed by atoms with Crippen LogP contribution in [0.25, 0.3) is 0 Å². The Hall–Kier alpha value is -0.530. The summed E-state index contributed by atoms with van der Waals surface area (Å²) >= 11 is 0. The summed E-state index contributed by atoms with van der Waals surface area (Å²) in [4.78, 5) is 11.7. The van der Waals surface area contributed by atoms with Crippen LogP contribution in [0.15, 0.2) is 0 Å². The van der Waals surface area contributed by atoms with E-state index in [2.05, 4.69) is 13.8 Å². The van der Waals surface area contributed by atoms with Crippen molar-refractivity contribution in [2.45, 2.75) is 84.5 Å². The Kier molecular flexibility index (Phi) is 12.5. The predicted octanol–water partition coefficient (Wildman–Crippen LogP) is 5.11. The fourth-order valence-electron chi connectivity index (χ4n) is 2.36. The van der Waals surface area contributed by atoms with Gasteiger partial charge in [0.05, 0.1) is 13.0 Å². The largest absolute Gasteiger partial charge is 0.469 e. The normalized spacial score (nSPS) is 12.4. The van der Waals surface area contributed by atoms with E-state index in [-0.39, 0.29) is 11.9 Å². The van der Waals surface area contributed by atoms with Crippen LogP contribution in [0.5, 0.6) is 0 Å². The van der Waals surface area contributed by atoms with Crippen LogP contribution >= 0.6 is 0 Å². The summed E-state index contributed by atoms with van der Waals surface area (Å²) in [5.74, 6) is 0.149. The van der Waals surface area contributed by atoms with E-state index in [1.54, 1.807) is 0 Å². The van der Waals surface area contributed by atoms with Crippen molar-refractivity contribution in [1.82, 2.24) is 0 Å². The van der Waals surface area contributed by atoms with E-state index < -0.39 is 0 Å². The van der Waals surface area contributed by atoms with Crippen molar-refractivity contribution in [3.63, 3.8) is 0 Å². The van der Waals surface area contributed by atoms with Crippen LogP contribution in [-0.4, -0.2) is 13.1 Å². The van der Waals surface area contributed by atoms with Gasteiger partial charge in [-0.05, 0) is 12.8 Å². The van der Waals surface area contributed by atoms with E-state index in [0.717, 1.165) is 12.8 Å². The van der Waals surface area contributed by atoms with Crippen LogP contribution in [0, 0.1) is 5.92 Å². The first-order chi connectivity index (χ1) is 8.76. The molecule has 0 fully saturated rings. The van der Waals surface area contributed by atoms with Crippen LogP contribution < -0.4 is 0 Å². The zero-order valence-corrected chi connectivity index (χ0v) is 12.7. The topological polar surface area (TPSA) is 26.3 Å². The highest BCUT2D eigenvalue weighted by atomic mass is 16.5. The first kappa shape index (κ1) is 17.5. The van der Waals surface area contributed by atoms with Crippen LogP contribution in [0.1, 0.15) is 84.5 Å². The number of methoxy groups -OCH3 is 1. The fourth-order valence-corrected chi connectivity index (χ4v) is 2.36. The van der Waals surface area contributed by atoms with Crippen LogP contribution in [-0.2, 0) is 9.53 Å². The number of hydrogen-bond donors (Lipinski definition) is 0. The molecule has 0 aromatic heterocycles. The molecule has 1 unspecified atom stereocenters. The molecular weight excluding hydrogens is 224 g/mol. The average molecular weight is 256 g/mol. The third-order valence-electron chi connectivity index (χ3n) is 3.60. The quantitative estimate of drug-likeness (QED) is 0.358. The van der Waals surface area contributed by atoms with Gasteiger partial charge in [0.1, 0.15) is 0 Å². The standard InChI is InChI=1S/C16H32O2/c1-4-6-8-10-12-14-15(16(17)18-3)13-11-9-7-5-2/h15H,4-14H2,1-3H3. The van der Waals surface area contributed by atoms with Gasteiger partial charge in [0.25, 0.3) is 0 Å². The molecule has 0 radical (unpaired) electrons. The molecule has 18 heavy (non-hydrogen) atoms. The van der Waals surface area contributed by atoms with Gasteiger partial charge < -0.3 is 4.74 Å². The van der Waals surface area contributed by atoms with E-state index in [1.165, 1.54) is 64.9 Å². The third kappa shape index (κ3) is 9.49. The summed E-state index contributed by atoms with van der Waals surface area (Å²) in [6, 6.07) is 0. The van der Waals surface area contributed by atoms with Crippen LogP contribution in [0.4, 0.5) is 0 Å². The predicted molar refractivity (Wildman–Crippen MR) is 77.6 cm³/mol. The summed E-state index contributed by atoms with van der Waals surface area (Å²) in [6.07, 6.45) is 13.3. The van der Waals surface area contributed by atoms with Gasteiger partial charge in [-0.2, -0.15) is 0 Å². The highest BCUT2D eigenvalue weighted by molar-refractivity contribution is 5.72. The fraction of sp³-hybridized carbons (Fsp3) is 0.938. The first-order valence-corrected chi connectivity index (χ1v) is 7.84. The Morgan fingerprint density at radius 1 is 0.833 bits per heavy atom. The van der Waals surface area contributed by atoms with E-state index in [1.807, 2.05) is 0 Å². The molecule has 0 amide bonds. The van der Waals surface area contributed by atoms with Crippen LogP contribution in [0.3, 0.4) is 0 Å². The molecule has 2 heteroatoms. The lowest BCUT2D eigenvalue weighted by Gasteiger charge is -2.14. The van der Waals surface area contributed by atoms with E-state index in [9.17, 15) is 4.79 Å². The number of unbranched alkanes of at least 4 members (excludes halogenated alkanes) is 7. The van der Waals surface area contributed by atoms with E-state index in [0.29, 0.717) is 0 Å². The molecule has 0 aliphatic carbocycles. The second-order valence-corrected chi connectivity index (χ2v) is 5.27. The molecule has 0 bridgehead atoms. The minimum Gasteiger partial charge on any atom is -0.469 e. The summed E-state index contributed by atoms with van der Waals surface area (Å²) in [6.45, 7) is 4.44. The molecule has 1 atom stereocenters. The van der Waals surface area contributed by atoms with Gasteiger partial charge >= 0.3 is 5.97 Å². The lowest BCUT2D eigenvalue weighted by Crippen LogP contribution is -2.16. The minimum absolute atomic E-state index is 0.00184. The second kappa shape index (κ2) is 12.9. The molecule has 0 aliphatic heterocycles. The number of esters is 1. The van der Waals surface area contributed by atoms with Crippen molar-refractivity contribution in [3.8, 4) is 0 Å². The van der Waals surface area contributed by atoms with Gasteiger partial charge in [0, 0.05) is 0 Å². The lowest BCUT2D eigenvalue weighted by atomic mass is 9.94. The molecule has 0 aromatic rings. The Balaban J connectivity index is 3.74. The smallest absolute Gasteiger partial charge is 0.308 e. The maximum Gasteiger partial charge on any atom is 0.308 e. The van der Waals surface area contributed by atoms with Gasteiger partial charge in [-0.3, -0.25) is 4.79 Å². The molecule has 0 aliphatic rings. The SMILES string of the molecule is CCCCCCCC(CCCCCC)C(=O)OC. The summed E-state index contributed by atoms with van der Waals surface area (Å²) in [7, 11) is 1.51. The van der Waals surface area contributed by atoms with Crippen molar-refractivity contribution < 1.29 is 9.53 Å². The summed E-state index contributed by atoms with van der Waals surface area (Å²) in [5, 5.41) is 0. The molecule has 0 aromatic carbocycles. The Morgan fingerprint density at radius 3 is 1.72 bits per heavy atom. The molecule has 2 nitrogen and oxygen atoms in total.